The van der Waals surface area contributed by atoms with Gasteiger partial charge in [-0.15, -0.1) is 0 Å². The summed E-state index contributed by atoms with van der Waals surface area (Å²) >= 11 is 0. The van der Waals surface area contributed by atoms with Crippen molar-refractivity contribution in [3.05, 3.63) is 0 Å². The molecule has 86 valence electrons. The third kappa shape index (κ3) is 4.78. The van der Waals surface area contributed by atoms with Crippen LogP contribution in [-0.2, 0) is 14.3 Å². The average Bonchev–Trinajstić information content (AvgIpc) is 2.99. The van der Waals surface area contributed by atoms with Crippen molar-refractivity contribution in [1.82, 2.24) is 5.32 Å². The quantitative estimate of drug-likeness (QED) is 0.471. The molecule has 1 rings (SSSR count). The lowest BCUT2D eigenvalue weighted by Gasteiger charge is -2.08. The van der Waals surface area contributed by atoms with Gasteiger partial charge in [0.05, 0.1) is 6.61 Å². The van der Waals surface area contributed by atoms with Gasteiger partial charge in [0.1, 0.15) is 5.92 Å². The molecule has 1 fully saturated rings. The maximum Gasteiger partial charge on any atom is 0.315 e. The summed E-state index contributed by atoms with van der Waals surface area (Å²) in [5, 5.41) is 11.1. The first kappa shape index (κ1) is 12.0. The van der Waals surface area contributed by atoms with Crippen molar-refractivity contribution in [2.45, 2.75) is 19.8 Å². The standard InChI is InChI=1S/C10H17NO4/c1-7(10(13)14)9(12)11-4-5-15-6-8-2-3-8/h7-8H,2-6H2,1H3,(H,11,12)(H,13,14). The van der Waals surface area contributed by atoms with E-state index in [1.807, 2.05) is 0 Å². The van der Waals surface area contributed by atoms with E-state index in [0.29, 0.717) is 19.1 Å². The Bertz CT molecular complexity index is 238. The number of carboxylic acid groups (broad SMARTS) is 1. The molecule has 0 bridgehead atoms. The number of nitrogens with one attached hydrogen (secondary N) is 1. The van der Waals surface area contributed by atoms with E-state index in [0.717, 1.165) is 6.61 Å². The fraction of sp³-hybridized carbons (Fsp3) is 0.800. The van der Waals surface area contributed by atoms with Crippen LogP contribution >= 0.6 is 0 Å². The molecule has 5 heteroatoms. The van der Waals surface area contributed by atoms with Crippen LogP contribution in [0.3, 0.4) is 0 Å². The molecule has 0 heterocycles. The van der Waals surface area contributed by atoms with Crippen LogP contribution < -0.4 is 5.32 Å². The summed E-state index contributed by atoms with van der Waals surface area (Å²) in [7, 11) is 0. The van der Waals surface area contributed by atoms with Crippen LogP contribution in [-0.4, -0.2) is 36.7 Å². The smallest absolute Gasteiger partial charge is 0.315 e. The molecular weight excluding hydrogens is 198 g/mol. The lowest BCUT2D eigenvalue weighted by atomic mass is 10.2. The molecule has 15 heavy (non-hydrogen) atoms. The van der Waals surface area contributed by atoms with Gasteiger partial charge in [0, 0.05) is 13.2 Å². The molecule has 0 radical (unpaired) electrons. The number of carboxylic acids is 1. The predicted molar refractivity (Wildman–Crippen MR) is 53.4 cm³/mol. The molecule has 0 spiro atoms. The first-order valence-corrected chi connectivity index (χ1v) is 5.19. The fourth-order valence-electron chi connectivity index (χ4n) is 1.05. The molecule has 1 unspecified atom stereocenters. The Morgan fingerprint density at radius 3 is 2.73 bits per heavy atom. The van der Waals surface area contributed by atoms with E-state index in [9.17, 15) is 9.59 Å². The number of carbonyl (C=O) groups is 2. The maximum absolute atomic E-state index is 11.1. The monoisotopic (exact) mass is 215 g/mol. The van der Waals surface area contributed by atoms with Gasteiger partial charge in [-0.3, -0.25) is 9.59 Å². The Morgan fingerprint density at radius 2 is 2.20 bits per heavy atom. The second-order valence-electron chi connectivity index (χ2n) is 3.87. The van der Waals surface area contributed by atoms with Gasteiger partial charge in [-0.1, -0.05) is 0 Å². The van der Waals surface area contributed by atoms with Crippen molar-refractivity contribution in [2.24, 2.45) is 11.8 Å². The Balaban J connectivity index is 1.97. The lowest BCUT2D eigenvalue weighted by Crippen LogP contribution is -2.35. The highest BCUT2D eigenvalue weighted by molar-refractivity contribution is 5.96. The molecule has 0 aromatic rings. The van der Waals surface area contributed by atoms with E-state index in [1.165, 1.54) is 19.8 Å². The molecule has 1 aliphatic carbocycles. The molecular formula is C10H17NO4. The number of rotatable bonds is 7. The molecule has 0 saturated heterocycles. The van der Waals surface area contributed by atoms with Crippen LogP contribution in [0.2, 0.25) is 0 Å². The third-order valence-electron chi connectivity index (χ3n) is 2.36. The molecule has 1 saturated carbocycles. The van der Waals surface area contributed by atoms with Gasteiger partial charge < -0.3 is 15.2 Å². The van der Waals surface area contributed by atoms with Crippen LogP contribution in [0.5, 0.6) is 0 Å². The molecule has 2 N–H and O–H groups in total. The minimum Gasteiger partial charge on any atom is -0.481 e. The Morgan fingerprint density at radius 1 is 1.53 bits per heavy atom. The van der Waals surface area contributed by atoms with E-state index in [2.05, 4.69) is 5.32 Å². The van der Waals surface area contributed by atoms with Gasteiger partial charge in [-0.2, -0.15) is 0 Å². The summed E-state index contributed by atoms with van der Waals surface area (Å²) in [5.41, 5.74) is 0. The topological polar surface area (TPSA) is 75.6 Å². The van der Waals surface area contributed by atoms with Crippen molar-refractivity contribution in [3.63, 3.8) is 0 Å². The minimum absolute atomic E-state index is 0.378. The van der Waals surface area contributed by atoms with Gasteiger partial charge in [0.2, 0.25) is 5.91 Å². The van der Waals surface area contributed by atoms with E-state index >= 15 is 0 Å². The van der Waals surface area contributed by atoms with Crippen molar-refractivity contribution >= 4 is 11.9 Å². The van der Waals surface area contributed by atoms with E-state index in [1.54, 1.807) is 0 Å². The molecule has 0 aliphatic heterocycles. The van der Waals surface area contributed by atoms with E-state index in [4.69, 9.17) is 9.84 Å². The van der Waals surface area contributed by atoms with Gasteiger partial charge >= 0.3 is 5.97 Å². The summed E-state index contributed by atoms with van der Waals surface area (Å²) in [6, 6.07) is 0. The molecule has 5 nitrogen and oxygen atoms in total. The maximum atomic E-state index is 11.1. The van der Waals surface area contributed by atoms with Gasteiger partial charge in [0.15, 0.2) is 0 Å². The largest absolute Gasteiger partial charge is 0.481 e. The summed E-state index contributed by atoms with van der Waals surface area (Å²) in [5.74, 6) is -1.85. The van der Waals surface area contributed by atoms with Crippen LogP contribution in [0.15, 0.2) is 0 Å². The Labute approximate surface area is 88.8 Å². The van der Waals surface area contributed by atoms with Crippen molar-refractivity contribution in [3.8, 4) is 0 Å². The summed E-state index contributed by atoms with van der Waals surface area (Å²) in [6.45, 7) is 2.95. The van der Waals surface area contributed by atoms with Crippen LogP contribution in [0.1, 0.15) is 19.8 Å². The van der Waals surface area contributed by atoms with Gasteiger partial charge in [-0.25, -0.2) is 0 Å². The highest BCUT2D eigenvalue weighted by Crippen LogP contribution is 2.28. The second-order valence-corrected chi connectivity index (χ2v) is 3.87. The normalized spacial score (nSPS) is 17.1. The van der Waals surface area contributed by atoms with E-state index in [-0.39, 0.29) is 0 Å². The summed E-state index contributed by atoms with van der Waals surface area (Å²) in [4.78, 5) is 21.6. The molecule has 0 aromatic carbocycles. The SMILES string of the molecule is CC(C(=O)O)C(=O)NCCOCC1CC1. The van der Waals surface area contributed by atoms with Crippen molar-refractivity contribution in [1.29, 1.82) is 0 Å². The Hall–Kier alpha value is -1.10. The predicted octanol–water partition coefficient (Wildman–Crippen LogP) is 0.250. The number of carbonyl (C=O) groups excluding carboxylic acids is 1. The zero-order valence-corrected chi connectivity index (χ0v) is 8.86. The van der Waals surface area contributed by atoms with Gasteiger partial charge in [0.25, 0.3) is 0 Å². The Kier molecular flexibility index (Phi) is 4.55. The van der Waals surface area contributed by atoms with Crippen molar-refractivity contribution < 1.29 is 19.4 Å². The lowest BCUT2D eigenvalue weighted by molar-refractivity contribution is -0.146. The highest BCUT2D eigenvalue weighted by Gasteiger charge is 2.21. The molecule has 1 amide bonds. The first-order chi connectivity index (χ1) is 7.11. The van der Waals surface area contributed by atoms with Crippen LogP contribution in [0.25, 0.3) is 0 Å². The fourth-order valence-corrected chi connectivity index (χ4v) is 1.05. The highest BCUT2D eigenvalue weighted by atomic mass is 16.5. The molecule has 1 aliphatic rings. The number of ether oxygens (including phenoxy) is 1. The van der Waals surface area contributed by atoms with Crippen molar-refractivity contribution in [2.75, 3.05) is 19.8 Å². The molecule has 0 aromatic heterocycles. The zero-order valence-electron chi connectivity index (χ0n) is 8.86. The summed E-state index contributed by atoms with van der Waals surface area (Å²) in [6.07, 6.45) is 2.48. The number of aliphatic carboxylic acids is 1. The minimum atomic E-state index is -1.11. The molecule has 1 atom stereocenters. The van der Waals surface area contributed by atoms with E-state index < -0.39 is 17.8 Å². The first-order valence-electron chi connectivity index (χ1n) is 5.19. The third-order valence-corrected chi connectivity index (χ3v) is 2.36. The van der Waals surface area contributed by atoms with Crippen LogP contribution in [0.4, 0.5) is 0 Å². The second kappa shape index (κ2) is 5.70. The number of hydrogen-bond donors (Lipinski definition) is 2. The number of hydrogen-bond acceptors (Lipinski definition) is 3. The van der Waals surface area contributed by atoms with Gasteiger partial charge in [-0.05, 0) is 25.7 Å². The average molecular weight is 215 g/mol. The van der Waals surface area contributed by atoms with Crippen LogP contribution in [0, 0.1) is 11.8 Å². The number of amides is 1. The summed E-state index contributed by atoms with van der Waals surface area (Å²) < 4.78 is 5.29. The zero-order chi connectivity index (χ0) is 11.3.